The van der Waals surface area contributed by atoms with Gasteiger partial charge in [-0.3, -0.25) is 19.3 Å². The van der Waals surface area contributed by atoms with E-state index < -0.39 is 19.0 Å². The first-order valence-corrected chi connectivity index (χ1v) is 11.0. The van der Waals surface area contributed by atoms with Crippen LogP contribution in [0.15, 0.2) is 42.9 Å². The van der Waals surface area contributed by atoms with E-state index in [4.69, 9.17) is 0 Å². The Kier molecular flexibility index (Phi) is 7.21. The first kappa shape index (κ1) is 22.8. The number of halogens is 2. The lowest BCUT2D eigenvalue weighted by atomic mass is 10.0. The van der Waals surface area contributed by atoms with E-state index in [-0.39, 0.29) is 31.2 Å². The molecule has 0 bridgehead atoms. The number of carbonyl (C=O) groups excluding carboxylic acids is 2. The third-order valence-corrected chi connectivity index (χ3v) is 5.69. The molecule has 3 aromatic rings. The van der Waals surface area contributed by atoms with Crippen LogP contribution >= 0.6 is 0 Å². The molecule has 4 rings (SSSR count). The van der Waals surface area contributed by atoms with Crippen LogP contribution in [0.1, 0.15) is 38.1 Å². The van der Waals surface area contributed by atoms with Crippen LogP contribution in [0, 0.1) is 0 Å². The van der Waals surface area contributed by atoms with Crippen LogP contribution in [0.2, 0.25) is 0 Å². The molecule has 8 nitrogen and oxygen atoms in total. The molecule has 1 aromatic carbocycles. The molecule has 1 atom stereocenters. The van der Waals surface area contributed by atoms with E-state index in [2.05, 4.69) is 19.8 Å². The number of piperidine rings is 1. The average Bonchev–Trinajstić information content (AvgIpc) is 3.34. The smallest absolute Gasteiger partial charge is 0.308 e. The largest absolute Gasteiger partial charge is 0.428 e. The molecule has 0 radical (unpaired) electrons. The highest BCUT2D eigenvalue weighted by Crippen LogP contribution is 2.25. The number of likely N-dealkylation sites (tertiary alicyclic amines) is 1. The van der Waals surface area contributed by atoms with Gasteiger partial charge in [-0.1, -0.05) is 12.1 Å². The molecular weight excluding hydrogens is 432 g/mol. The number of aromatic nitrogens is 4. The van der Waals surface area contributed by atoms with E-state index in [1.165, 1.54) is 0 Å². The molecule has 10 heteroatoms. The van der Waals surface area contributed by atoms with Gasteiger partial charge in [0.1, 0.15) is 0 Å². The van der Waals surface area contributed by atoms with Gasteiger partial charge in [0.25, 0.3) is 6.36 Å². The van der Waals surface area contributed by atoms with Crippen molar-refractivity contribution in [1.29, 1.82) is 0 Å². The van der Waals surface area contributed by atoms with Crippen molar-refractivity contribution < 1.29 is 23.1 Å². The topological polar surface area (TPSA) is 90.2 Å². The lowest BCUT2D eigenvalue weighted by Crippen LogP contribution is -2.39. The van der Waals surface area contributed by atoms with E-state index in [1.54, 1.807) is 17.3 Å². The van der Waals surface area contributed by atoms with Gasteiger partial charge in [-0.15, -0.1) is 0 Å². The molecule has 1 amide bonds. The Morgan fingerprint density at radius 2 is 1.88 bits per heavy atom. The molecule has 0 N–H and O–H groups in total. The number of amides is 1. The van der Waals surface area contributed by atoms with E-state index >= 15 is 0 Å². The number of hydrogen-bond acceptors (Lipinski definition) is 6. The van der Waals surface area contributed by atoms with Crippen molar-refractivity contribution in [3.63, 3.8) is 0 Å². The van der Waals surface area contributed by atoms with Crippen molar-refractivity contribution in [2.24, 2.45) is 0 Å². The number of carbonyl (C=O) groups is 2. The summed E-state index contributed by atoms with van der Waals surface area (Å²) in [6, 6.07) is 7.87. The summed E-state index contributed by atoms with van der Waals surface area (Å²) >= 11 is 0. The van der Waals surface area contributed by atoms with E-state index in [9.17, 15) is 18.4 Å². The zero-order valence-corrected chi connectivity index (χ0v) is 18.1. The minimum atomic E-state index is -2.23. The average molecular weight is 457 g/mol. The summed E-state index contributed by atoms with van der Waals surface area (Å²) in [6.45, 7) is -0.187. The molecule has 0 saturated carbocycles. The van der Waals surface area contributed by atoms with Gasteiger partial charge in [0, 0.05) is 37.7 Å². The Bertz CT molecular complexity index is 1110. The van der Waals surface area contributed by atoms with Crippen molar-refractivity contribution in [2.75, 3.05) is 19.8 Å². The van der Waals surface area contributed by atoms with Crippen LogP contribution < -0.4 is 0 Å². The van der Waals surface area contributed by atoms with Gasteiger partial charge in [-0.25, -0.2) is 9.37 Å². The maximum absolute atomic E-state index is 12.7. The summed E-state index contributed by atoms with van der Waals surface area (Å²) < 4.78 is 30.8. The van der Waals surface area contributed by atoms with Crippen LogP contribution in [-0.4, -0.2) is 62.6 Å². The molecule has 1 fully saturated rings. The third kappa shape index (κ3) is 5.68. The summed E-state index contributed by atoms with van der Waals surface area (Å²) in [4.78, 5) is 34.6. The lowest BCUT2D eigenvalue weighted by molar-refractivity contribution is -0.159. The molecule has 1 saturated heterocycles. The van der Waals surface area contributed by atoms with Crippen molar-refractivity contribution >= 4 is 22.9 Å². The number of fused-ring (bicyclic) bond motifs is 1. The van der Waals surface area contributed by atoms with E-state index in [1.807, 2.05) is 35.1 Å². The second-order valence-corrected chi connectivity index (χ2v) is 7.97. The van der Waals surface area contributed by atoms with Crippen LogP contribution in [0.5, 0.6) is 0 Å². The van der Waals surface area contributed by atoms with Gasteiger partial charge < -0.3 is 9.64 Å². The number of para-hydroxylation sites is 2. The zero-order valence-electron chi connectivity index (χ0n) is 18.1. The fourth-order valence-corrected chi connectivity index (χ4v) is 3.92. The summed E-state index contributed by atoms with van der Waals surface area (Å²) in [6.07, 6.45) is 5.06. The van der Waals surface area contributed by atoms with E-state index in [0.29, 0.717) is 13.1 Å². The number of nitrogens with zero attached hydrogens (tertiary/aromatic N) is 5. The first-order chi connectivity index (χ1) is 16.0. The molecule has 0 aliphatic carbocycles. The van der Waals surface area contributed by atoms with Crippen LogP contribution in [0.4, 0.5) is 8.78 Å². The molecule has 1 aliphatic heterocycles. The van der Waals surface area contributed by atoms with Crippen LogP contribution in [0.25, 0.3) is 22.3 Å². The van der Waals surface area contributed by atoms with Gasteiger partial charge in [0.05, 0.1) is 35.2 Å². The Labute approximate surface area is 189 Å². The van der Waals surface area contributed by atoms with Crippen molar-refractivity contribution in [2.45, 2.75) is 44.5 Å². The van der Waals surface area contributed by atoms with Crippen LogP contribution in [0.3, 0.4) is 0 Å². The Balaban J connectivity index is 1.26. The fraction of sp³-hybridized carbons (Fsp3) is 0.435. The SMILES string of the molecule is O=C(CCCC(=O)N1CCC(n2cc(-c3cnc4ccccc4n3)cn2)CC1)OC(F)CF. The van der Waals surface area contributed by atoms with Gasteiger partial charge in [0.15, 0.2) is 6.67 Å². The van der Waals surface area contributed by atoms with Gasteiger partial charge in [-0.2, -0.15) is 9.49 Å². The number of ether oxygens (including phenoxy) is 1. The fourth-order valence-electron chi connectivity index (χ4n) is 3.92. The number of rotatable bonds is 8. The molecular formula is C23H25F2N5O3. The maximum Gasteiger partial charge on any atom is 0.308 e. The minimum absolute atomic E-state index is 0.0591. The van der Waals surface area contributed by atoms with Crippen molar-refractivity contribution in [1.82, 2.24) is 24.6 Å². The number of esters is 1. The summed E-state index contributed by atoms with van der Waals surface area (Å²) in [5.41, 5.74) is 3.32. The lowest BCUT2D eigenvalue weighted by Gasteiger charge is -2.32. The molecule has 1 unspecified atom stereocenters. The Morgan fingerprint density at radius 3 is 2.64 bits per heavy atom. The van der Waals surface area contributed by atoms with E-state index in [0.717, 1.165) is 35.1 Å². The highest BCUT2D eigenvalue weighted by Gasteiger charge is 2.24. The minimum Gasteiger partial charge on any atom is -0.428 e. The zero-order chi connectivity index (χ0) is 23.2. The first-order valence-electron chi connectivity index (χ1n) is 11.0. The molecule has 2 aromatic heterocycles. The second kappa shape index (κ2) is 10.5. The van der Waals surface area contributed by atoms with Gasteiger partial charge in [-0.05, 0) is 31.4 Å². The van der Waals surface area contributed by atoms with Crippen molar-refractivity contribution in [3.8, 4) is 11.3 Å². The predicted molar refractivity (Wildman–Crippen MR) is 116 cm³/mol. The highest BCUT2D eigenvalue weighted by atomic mass is 19.2. The standard InChI is InChI=1S/C23H25F2N5O3/c24-12-21(25)33-23(32)7-3-6-22(31)29-10-8-17(9-11-29)30-15-16(13-27-30)20-14-26-18-4-1-2-5-19(18)28-20/h1-2,4-5,13-15,17,21H,3,6-12H2. The number of alkyl halides is 2. The monoisotopic (exact) mass is 457 g/mol. The molecule has 174 valence electrons. The normalized spacial score (nSPS) is 15.5. The molecule has 33 heavy (non-hydrogen) atoms. The predicted octanol–water partition coefficient (Wildman–Crippen LogP) is 3.64. The summed E-state index contributed by atoms with van der Waals surface area (Å²) in [7, 11) is 0. The Morgan fingerprint density at radius 1 is 1.12 bits per heavy atom. The van der Waals surface area contributed by atoms with Crippen molar-refractivity contribution in [3.05, 3.63) is 42.9 Å². The Hall–Kier alpha value is -3.43. The molecule has 3 heterocycles. The maximum atomic E-state index is 12.7. The summed E-state index contributed by atoms with van der Waals surface area (Å²) in [5, 5.41) is 4.50. The number of benzene rings is 1. The van der Waals surface area contributed by atoms with Gasteiger partial charge >= 0.3 is 5.97 Å². The molecule has 1 aliphatic rings. The second-order valence-electron chi connectivity index (χ2n) is 7.97. The molecule has 0 spiro atoms. The third-order valence-electron chi connectivity index (χ3n) is 5.69. The van der Waals surface area contributed by atoms with Gasteiger partial charge in [0.2, 0.25) is 5.91 Å². The quantitative estimate of drug-likeness (QED) is 0.480. The highest BCUT2D eigenvalue weighted by molar-refractivity contribution is 5.77. The summed E-state index contributed by atoms with van der Waals surface area (Å²) in [5.74, 6) is -0.895. The number of hydrogen-bond donors (Lipinski definition) is 0. The van der Waals surface area contributed by atoms with Crippen LogP contribution in [-0.2, 0) is 14.3 Å².